The van der Waals surface area contributed by atoms with Crippen LogP contribution >= 0.6 is 0 Å². The first kappa shape index (κ1) is 15.4. The molecule has 2 aliphatic heterocycles. The number of esters is 1. The number of ether oxygens (including phenoxy) is 1. The second kappa shape index (κ2) is 6.75. The third-order valence-corrected chi connectivity index (χ3v) is 4.85. The van der Waals surface area contributed by atoms with E-state index >= 15 is 0 Å². The first-order chi connectivity index (χ1) is 10.7. The summed E-state index contributed by atoms with van der Waals surface area (Å²) in [4.78, 5) is 13.7. The number of rotatable bonds is 4. The summed E-state index contributed by atoms with van der Waals surface area (Å²) >= 11 is 0. The van der Waals surface area contributed by atoms with Gasteiger partial charge in [-0.15, -0.1) is 0 Å². The number of hydrogen-bond donors (Lipinski definition) is 1. The van der Waals surface area contributed by atoms with Crippen molar-refractivity contribution in [1.82, 2.24) is 10.2 Å². The van der Waals surface area contributed by atoms with Crippen LogP contribution < -0.4 is 5.32 Å². The monoisotopic (exact) mass is 306 g/mol. The van der Waals surface area contributed by atoms with Crippen LogP contribution in [0.4, 0.5) is 4.39 Å². The third-order valence-electron chi connectivity index (χ3n) is 4.85. The van der Waals surface area contributed by atoms with Crippen molar-refractivity contribution in [2.24, 2.45) is 5.92 Å². The van der Waals surface area contributed by atoms with Gasteiger partial charge in [-0.3, -0.25) is 9.69 Å². The standard InChI is InChI=1S/C17H23FN2O2/c1-22-17(21)12-4-6-20(7-5-12)11-14-3-2-13(8-16(14)18)15-9-19-10-15/h2-3,8,12,15,19H,4-7,9-11H2,1H3. The van der Waals surface area contributed by atoms with E-state index < -0.39 is 0 Å². The highest BCUT2D eigenvalue weighted by Crippen LogP contribution is 2.24. The normalized spacial score (nSPS) is 20.6. The molecule has 5 heteroatoms. The molecule has 1 aromatic rings. The molecule has 0 unspecified atom stereocenters. The van der Waals surface area contributed by atoms with Crippen LogP contribution in [-0.2, 0) is 16.1 Å². The molecular formula is C17H23FN2O2. The molecule has 2 fully saturated rings. The molecule has 0 aromatic heterocycles. The van der Waals surface area contributed by atoms with E-state index in [0.717, 1.165) is 50.1 Å². The van der Waals surface area contributed by atoms with Crippen molar-refractivity contribution < 1.29 is 13.9 Å². The Labute approximate surface area is 130 Å². The molecule has 0 aliphatic carbocycles. The summed E-state index contributed by atoms with van der Waals surface area (Å²) in [6.45, 7) is 4.13. The molecule has 2 heterocycles. The molecule has 4 nitrogen and oxygen atoms in total. The zero-order chi connectivity index (χ0) is 15.5. The molecule has 0 bridgehead atoms. The zero-order valence-corrected chi connectivity index (χ0v) is 13.0. The summed E-state index contributed by atoms with van der Waals surface area (Å²) in [6, 6.07) is 5.64. The fourth-order valence-corrected chi connectivity index (χ4v) is 3.20. The highest BCUT2D eigenvalue weighted by molar-refractivity contribution is 5.72. The molecular weight excluding hydrogens is 283 g/mol. The van der Waals surface area contributed by atoms with E-state index in [1.54, 1.807) is 6.07 Å². The Morgan fingerprint density at radius 2 is 2.09 bits per heavy atom. The van der Waals surface area contributed by atoms with Crippen molar-refractivity contribution in [1.29, 1.82) is 0 Å². The van der Waals surface area contributed by atoms with Gasteiger partial charge in [0.2, 0.25) is 0 Å². The highest BCUT2D eigenvalue weighted by atomic mass is 19.1. The second-order valence-electron chi connectivity index (χ2n) is 6.28. The molecule has 2 aliphatic rings. The van der Waals surface area contributed by atoms with Crippen LogP contribution in [0.1, 0.15) is 29.9 Å². The molecule has 120 valence electrons. The average molecular weight is 306 g/mol. The van der Waals surface area contributed by atoms with E-state index in [4.69, 9.17) is 4.74 Å². The molecule has 0 amide bonds. The highest BCUT2D eigenvalue weighted by Gasteiger charge is 2.26. The molecule has 0 radical (unpaired) electrons. The smallest absolute Gasteiger partial charge is 0.308 e. The van der Waals surface area contributed by atoms with Crippen LogP contribution in [0.15, 0.2) is 18.2 Å². The number of piperidine rings is 1. The van der Waals surface area contributed by atoms with Gasteiger partial charge in [0.05, 0.1) is 13.0 Å². The van der Waals surface area contributed by atoms with Crippen LogP contribution in [0.2, 0.25) is 0 Å². The van der Waals surface area contributed by atoms with E-state index in [1.807, 2.05) is 12.1 Å². The van der Waals surface area contributed by atoms with Crippen molar-refractivity contribution in [3.63, 3.8) is 0 Å². The van der Waals surface area contributed by atoms with Gasteiger partial charge in [0.1, 0.15) is 5.82 Å². The van der Waals surface area contributed by atoms with Crippen molar-refractivity contribution in [2.45, 2.75) is 25.3 Å². The lowest BCUT2D eigenvalue weighted by Gasteiger charge is -2.31. The van der Waals surface area contributed by atoms with Crippen LogP contribution in [0.3, 0.4) is 0 Å². The summed E-state index contributed by atoms with van der Waals surface area (Å²) in [7, 11) is 1.43. The SMILES string of the molecule is COC(=O)C1CCN(Cc2ccc(C3CNC3)cc2F)CC1. The van der Waals surface area contributed by atoms with E-state index in [-0.39, 0.29) is 17.7 Å². The number of nitrogens with zero attached hydrogens (tertiary/aromatic N) is 1. The summed E-state index contributed by atoms with van der Waals surface area (Å²) in [5.41, 5.74) is 1.83. The number of carbonyl (C=O) groups excluding carboxylic acids is 1. The Balaban J connectivity index is 1.56. The number of likely N-dealkylation sites (tertiary alicyclic amines) is 1. The number of nitrogens with one attached hydrogen (secondary N) is 1. The fourth-order valence-electron chi connectivity index (χ4n) is 3.20. The molecule has 22 heavy (non-hydrogen) atoms. The Bertz CT molecular complexity index is 537. The average Bonchev–Trinajstić information content (AvgIpc) is 2.48. The molecule has 2 saturated heterocycles. The van der Waals surface area contributed by atoms with Crippen LogP contribution in [0.25, 0.3) is 0 Å². The van der Waals surface area contributed by atoms with Gasteiger partial charge >= 0.3 is 5.97 Å². The predicted octanol–water partition coefficient (Wildman–Crippen LogP) is 1.90. The summed E-state index contributed by atoms with van der Waals surface area (Å²) < 4.78 is 19.1. The second-order valence-corrected chi connectivity index (χ2v) is 6.28. The molecule has 0 atom stereocenters. The van der Waals surface area contributed by atoms with Gasteiger partial charge in [0, 0.05) is 31.1 Å². The Hall–Kier alpha value is -1.46. The summed E-state index contributed by atoms with van der Waals surface area (Å²) in [6.07, 6.45) is 1.58. The van der Waals surface area contributed by atoms with E-state index in [0.29, 0.717) is 12.5 Å². The topological polar surface area (TPSA) is 41.6 Å². The lowest BCUT2D eigenvalue weighted by atomic mass is 9.92. The number of halogens is 1. The van der Waals surface area contributed by atoms with Crippen molar-refractivity contribution in [3.8, 4) is 0 Å². The summed E-state index contributed by atoms with van der Waals surface area (Å²) in [5.74, 6) is 0.225. The maximum absolute atomic E-state index is 14.3. The van der Waals surface area contributed by atoms with Gasteiger partial charge in [-0.1, -0.05) is 12.1 Å². The van der Waals surface area contributed by atoms with Gasteiger partial charge < -0.3 is 10.1 Å². The predicted molar refractivity (Wildman–Crippen MR) is 82.0 cm³/mol. The quantitative estimate of drug-likeness (QED) is 0.863. The Kier molecular flexibility index (Phi) is 4.74. The molecule has 1 aromatic carbocycles. The van der Waals surface area contributed by atoms with E-state index in [1.165, 1.54) is 7.11 Å². The lowest BCUT2D eigenvalue weighted by molar-refractivity contribution is -0.147. The zero-order valence-electron chi connectivity index (χ0n) is 13.0. The molecule has 0 spiro atoms. The van der Waals surface area contributed by atoms with Gasteiger partial charge in [0.15, 0.2) is 0 Å². The number of methoxy groups -OCH3 is 1. The van der Waals surface area contributed by atoms with Crippen molar-refractivity contribution in [2.75, 3.05) is 33.3 Å². The molecule has 1 N–H and O–H groups in total. The van der Waals surface area contributed by atoms with Crippen molar-refractivity contribution >= 4 is 5.97 Å². The number of benzene rings is 1. The van der Waals surface area contributed by atoms with E-state index in [9.17, 15) is 9.18 Å². The maximum atomic E-state index is 14.3. The first-order valence-electron chi connectivity index (χ1n) is 7.96. The van der Waals surface area contributed by atoms with Crippen molar-refractivity contribution in [3.05, 3.63) is 35.1 Å². The minimum Gasteiger partial charge on any atom is -0.469 e. The number of hydrogen-bond acceptors (Lipinski definition) is 4. The van der Waals surface area contributed by atoms with Crippen LogP contribution in [-0.4, -0.2) is 44.2 Å². The Morgan fingerprint density at radius 3 is 2.64 bits per heavy atom. The molecule has 0 saturated carbocycles. The molecule has 3 rings (SSSR count). The largest absolute Gasteiger partial charge is 0.469 e. The van der Waals surface area contributed by atoms with Gasteiger partial charge in [-0.25, -0.2) is 4.39 Å². The minimum absolute atomic E-state index is 0.000380. The Morgan fingerprint density at radius 1 is 1.36 bits per heavy atom. The van der Waals surface area contributed by atoms with Crippen LogP contribution in [0.5, 0.6) is 0 Å². The fraction of sp³-hybridized carbons (Fsp3) is 0.588. The van der Waals surface area contributed by atoms with Gasteiger partial charge in [0.25, 0.3) is 0 Å². The van der Waals surface area contributed by atoms with Gasteiger partial charge in [-0.2, -0.15) is 0 Å². The minimum atomic E-state index is -0.121. The summed E-state index contributed by atoms with van der Waals surface area (Å²) in [5, 5.41) is 3.21. The maximum Gasteiger partial charge on any atom is 0.308 e. The van der Waals surface area contributed by atoms with E-state index in [2.05, 4.69) is 10.2 Å². The third kappa shape index (κ3) is 3.31. The van der Waals surface area contributed by atoms with Gasteiger partial charge in [-0.05, 0) is 37.6 Å². The number of carbonyl (C=O) groups is 1. The lowest BCUT2D eigenvalue weighted by Crippen LogP contribution is -2.40. The first-order valence-corrected chi connectivity index (χ1v) is 7.96. The van der Waals surface area contributed by atoms with Crippen LogP contribution in [0, 0.1) is 11.7 Å².